The van der Waals surface area contributed by atoms with E-state index in [0.717, 1.165) is 24.8 Å². The Hall–Kier alpha value is -0.640. The first kappa shape index (κ1) is 24.5. The van der Waals surface area contributed by atoms with Crippen LogP contribution in [0.15, 0.2) is 30.3 Å². The SMILES string of the molecule is CCC1CC2(C(=S)N[C@H]3CC[C@H](CN)CC3)CC(CCCCl)CC(c3ccccc3)(C1)C2. The summed E-state index contributed by atoms with van der Waals surface area (Å²) in [5.41, 5.74) is 7.88. The summed E-state index contributed by atoms with van der Waals surface area (Å²) in [6, 6.07) is 11.9. The van der Waals surface area contributed by atoms with Gasteiger partial charge in [-0.05, 0) is 106 Å². The summed E-state index contributed by atoms with van der Waals surface area (Å²) in [5.74, 6) is 2.95. The molecule has 32 heavy (non-hydrogen) atoms. The molecule has 0 amide bonds. The van der Waals surface area contributed by atoms with Crippen LogP contribution in [0.2, 0.25) is 0 Å². The highest BCUT2D eigenvalue weighted by atomic mass is 35.5. The average Bonchev–Trinajstić information content (AvgIpc) is 2.83. The van der Waals surface area contributed by atoms with E-state index in [0.29, 0.717) is 17.9 Å². The lowest BCUT2D eigenvalue weighted by Crippen LogP contribution is -2.56. The topological polar surface area (TPSA) is 38.0 Å². The van der Waals surface area contributed by atoms with Crippen LogP contribution in [0.3, 0.4) is 0 Å². The Labute approximate surface area is 206 Å². The van der Waals surface area contributed by atoms with Crippen molar-refractivity contribution in [2.45, 2.75) is 95.4 Å². The van der Waals surface area contributed by atoms with Crippen LogP contribution in [0.5, 0.6) is 0 Å². The number of nitrogens with one attached hydrogen (secondary N) is 1. The van der Waals surface area contributed by atoms with E-state index in [9.17, 15) is 0 Å². The van der Waals surface area contributed by atoms with Crippen molar-refractivity contribution >= 4 is 28.8 Å². The van der Waals surface area contributed by atoms with Crippen molar-refractivity contribution in [3.05, 3.63) is 35.9 Å². The molecule has 0 aromatic heterocycles. The molecule has 0 saturated heterocycles. The van der Waals surface area contributed by atoms with Gasteiger partial charge >= 0.3 is 0 Å². The molecular weight excluding hydrogens is 432 g/mol. The minimum absolute atomic E-state index is 0.143. The molecule has 0 heterocycles. The predicted molar refractivity (Wildman–Crippen MR) is 141 cm³/mol. The number of fused-ring (bicyclic) bond motifs is 2. The fourth-order valence-corrected chi connectivity index (χ4v) is 8.15. The molecule has 178 valence electrons. The van der Waals surface area contributed by atoms with Gasteiger partial charge in [0.1, 0.15) is 0 Å². The van der Waals surface area contributed by atoms with E-state index < -0.39 is 0 Å². The Balaban J connectivity index is 1.61. The minimum Gasteiger partial charge on any atom is -0.376 e. The maximum absolute atomic E-state index is 6.31. The Morgan fingerprint density at radius 3 is 2.38 bits per heavy atom. The van der Waals surface area contributed by atoms with Crippen molar-refractivity contribution in [3.63, 3.8) is 0 Å². The van der Waals surface area contributed by atoms with Crippen molar-refractivity contribution in [3.8, 4) is 0 Å². The van der Waals surface area contributed by atoms with Crippen LogP contribution >= 0.6 is 23.8 Å². The third kappa shape index (κ3) is 5.20. The van der Waals surface area contributed by atoms with Gasteiger partial charge in [0.25, 0.3) is 0 Å². The molecule has 0 spiro atoms. The zero-order valence-electron chi connectivity index (χ0n) is 20.0. The highest BCUT2D eigenvalue weighted by Crippen LogP contribution is 2.61. The van der Waals surface area contributed by atoms with Gasteiger partial charge in [-0.25, -0.2) is 0 Å². The van der Waals surface area contributed by atoms with Crippen molar-refractivity contribution in [2.75, 3.05) is 12.4 Å². The summed E-state index contributed by atoms with van der Waals surface area (Å²) in [6.45, 7) is 3.22. The van der Waals surface area contributed by atoms with Crippen LogP contribution in [0.25, 0.3) is 0 Å². The van der Waals surface area contributed by atoms with Crippen LogP contribution in [0.4, 0.5) is 0 Å². The van der Waals surface area contributed by atoms with Crippen LogP contribution in [-0.4, -0.2) is 23.5 Å². The van der Waals surface area contributed by atoms with Gasteiger partial charge in [-0.2, -0.15) is 0 Å². The molecule has 4 heteroatoms. The Bertz CT molecular complexity index is 747. The number of nitrogens with two attached hydrogens (primary N) is 1. The minimum atomic E-state index is 0.143. The van der Waals surface area contributed by atoms with Gasteiger partial charge in [0.2, 0.25) is 0 Å². The second-order valence-corrected chi connectivity index (χ2v) is 12.1. The van der Waals surface area contributed by atoms with Gasteiger partial charge in [-0.15, -0.1) is 11.6 Å². The van der Waals surface area contributed by atoms with E-state index >= 15 is 0 Å². The van der Waals surface area contributed by atoms with Crippen molar-refractivity contribution < 1.29 is 0 Å². The van der Waals surface area contributed by atoms with Crippen LogP contribution in [0, 0.1) is 23.2 Å². The first-order valence-electron chi connectivity index (χ1n) is 13.1. The Morgan fingerprint density at radius 2 is 1.72 bits per heavy atom. The molecule has 2 nitrogen and oxygen atoms in total. The summed E-state index contributed by atoms with van der Waals surface area (Å²) < 4.78 is 0. The molecule has 2 bridgehead atoms. The fourth-order valence-electron chi connectivity index (χ4n) is 7.59. The van der Waals surface area contributed by atoms with E-state index in [-0.39, 0.29) is 10.8 Å². The van der Waals surface area contributed by atoms with Crippen LogP contribution in [-0.2, 0) is 5.41 Å². The second kappa shape index (κ2) is 10.7. The average molecular weight is 475 g/mol. The molecule has 3 aliphatic rings. The summed E-state index contributed by atoms with van der Waals surface area (Å²) in [6.07, 6.45) is 14.9. The van der Waals surface area contributed by atoms with E-state index in [1.54, 1.807) is 5.56 Å². The van der Waals surface area contributed by atoms with E-state index in [2.05, 4.69) is 42.6 Å². The summed E-state index contributed by atoms with van der Waals surface area (Å²) in [7, 11) is 0. The lowest BCUT2D eigenvalue weighted by molar-refractivity contribution is 0.0255. The van der Waals surface area contributed by atoms with Gasteiger partial charge < -0.3 is 11.1 Å². The molecule has 1 aromatic carbocycles. The molecular formula is C28H43ClN2S. The highest BCUT2D eigenvalue weighted by Gasteiger charge is 2.55. The normalized spacial score (nSPS) is 37.1. The standard InChI is InChI=1S/C28H43ClN2S/c1-2-21-15-27(24-8-4-3-5-9-24)17-23(7-6-14-29)18-28(16-21,20-27)26(32)31-25-12-10-22(19-30)11-13-25/h3-5,8-9,21-23,25H,2,6-7,10-20,30H2,1H3,(H,31,32)/t21?,22-,23?,25-,27?,28?. The molecule has 4 atom stereocenters. The molecule has 3 N–H and O–H groups in total. The molecule has 0 radical (unpaired) electrons. The van der Waals surface area contributed by atoms with Crippen LogP contribution in [0.1, 0.15) is 89.5 Å². The van der Waals surface area contributed by atoms with Crippen molar-refractivity contribution in [1.82, 2.24) is 5.32 Å². The Kier molecular flexibility index (Phi) is 8.22. The molecule has 0 aliphatic heterocycles. The van der Waals surface area contributed by atoms with Gasteiger partial charge in [0.15, 0.2) is 0 Å². The number of rotatable bonds is 8. The maximum Gasteiger partial charge on any atom is 0.0818 e. The van der Waals surface area contributed by atoms with Gasteiger partial charge in [0, 0.05) is 17.3 Å². The number of hydrogen-bond donors (Lipinski definition) is 2. The van der Waals surface area contributed by atoms with Gasteiger partial charge in [0.05, 0.1) is 4.99 Å². The number of alkyl halides is 1. The fraction of sp³-hybridized carbons (Fsp3) is 0.750. The van der Waals surface area contributed by atoms with Crippen molar-refractivity contribution in [2.24, 2.45) is 28.9 Å². The van der Waals surface area contributed by atoms with Crippen molar-refractivity contribution in [1.29, 1.82) is 0 Å². The van der Waals surface area contributed by atoms with Gasteiger partial charge in [-0.1, -0.05) is 55.9 Å². The number of thiocarbonyl (C=S) groups is 1. The third-order valence-corrected chi connectivity index (χ3v) is 9.92. The first-order chi connectivity index (χ1) is 15.5. The Morgan fingerprint density at radius 1 is 1.03 bits per heavy atom. The summed E-state index contributed by atoms with van der Waals surface area (Å²) in [5, 5.41) is 3.93. The first-order valence-corrected chi connectivity index (χ1v) is 14.1. The highest BCUT2D eigenvalue weighted by molar-refractivity contribution is 7.80. The number of halogens is 1. The largest absolute Gasteiger partial charge is 0.376 e. The van der Waals surface area contributed by atoms with E-state index in [1.165, 1.54) is 75.6 Å². The maximum atomic E-state index is 6.31. The molecule has 4 rings (SSSR count). The lowest BCUT2D eigenvalue weighted by Gasteiger charge is -2.58. The molecule has 3 aliphatic carbocycles. The zero-order valence-corrected chi connectivity index (χ0v) is 21.5. The number of hydrogen-bond acceptors (Lipinski definition) is 2. The molecule has 1 aromatic rings. The quantitative estimate of drug-likeness (QED) is 0.315. The monoisotopic (exact) mass is 474 g/mol. The molecule has 3 fully saturated rings. The van der Waals surface area contributed by atoms with E-state index in [4.69, 9.17) is 29.6 Å². The third-order valence-electron chi connectivity index (χ3n) is 9.10. The number of benzene rings is 1. The summed E-state index contributed by atoms with van der Waals surface area (Å²) >= 11 is 12.5. The lowest BCUT2D eigenvalue weighted by atomic mass is 9.47. The zero-order chi connectivity index (χ0) is 22.6. The van der Waals surface area contributed by atoms with Gasteiger partial charge in [-0.3, -0.25) is 0 Å². The molecule has 4 unspecified atom stereocenters. The molecule has 3 saturated carbocycles. The second-order valence-electron chi connectivity index (χ2n) is 11.3. The van der Waals surface area contributed by atoms with E-state index in [1.807, 2.05) is 0 Å². The predicted octanol–water partition coefficient (Wildman–Crippen LogP) is 6.98. The summed E-state index contributed by atoms with van der Waals surface area (Å²) in [4.78, 5) is 1.18. The smallest absolute Gasteiger partial charge is 0.0818 e. The van der Waals surface area contributed by atoms with Crippen LogP contribution < -0.4 is 11.1 Å².